The van der Waals surface area contributed by atoms with Gasteiger partial charge in [-0.3, -0.25) is 0 Å². The molecule has 12 heteroatoms. The van der Waals surface area contributed by atoms with E-state index in [1.54, 1.807) is 16.5 Å². The number of nitrogens with zero attached hydrogens (tertiary/aromatic N) is 5. The molecule has 1 atom stereocenters. The molecule has 0 N–H and O–H groups in total. The van der Waals surface area contributed by atoms with Crippen LogP contribution in [0.5, 0.6) is 5.88 Å². The van der Waals surface area contributed by atoms with Gasteiger partial charge in [-0.05, 0) is 11.0 Å². The van der Waals surface area contributed by atoms with Crippen molar-refractivity contribution in [1.29, 1.82) is 0 Å². The van der Waals surface area contributed by atoms with Crippen molar-refractivity contribution in [3.63, 3.8) is 0 Å². The predicted molar refractivity (Wildman–Crippen MR) is 90.2 cm³/mol. The second kappa shape index (κ2) is 6.37. The maximum Gasteiger partial charge on any atom is 0.417 e. The maximum absolute atomic E-state index is 12.6. The lowest BCUT2D eigenvalue weighted by atomic mass is 10.3. The highest BCUT2D eigenvalue weighted by atomic mass is 32.1. The van der Waals surface area contributed by atoms with Gasteiger partial charge in [0.15, 0.2) is 0 Å². The number of aromatic nitrogens is 3. The molecule has 1 saturated heterocycles. The minimum absolute atomic E-state index is 0.0789. The van der Waals surface area contributed by atoms with Crippen LogP contribution >= 0.6 is 11.3 Å². The Morgan fingerprint density at radius 2 is 2.19 bits per heavy atom. The summed E-state index contributed by atoms with van der Waals surface area (Å²) in [5.74, 6) is 0.230. The number of nitro groups is 1. The molecule has 4 rings (SSSR count). The fourth-order valence-electron chi connectivity index (χ4n) is 2.95. The van der Waals surface area contributed by atoms with Gasteiger partial charge in [0.2, 0.25) is 11.7 Å². The Bertz CT molecular complexity index is 985. The van der Waals surface area contributed by atoms with Crippen LogP contribution in [-0.2, 0) is 6.18 Å². The second-order valence-corrected chi connectivity index (χ2v) is 6.80. The van der Waals surface area contributed by atoms with Gasteiger partial charge >= 0.3 is 12.0 Å². The Balaban J connectivity index is 1.49. The molecule has 1 aliphatic rings. The van der Waals surface area contributed by atoms with Crippen LogP contribution in [0.4, 0.5) is 24.8 Å². The van der Waals surface area contributed by atoms with Gasteiger partial charge in [-0.2, -0.15) is 22.6 Å². The van der Waals surface area contributed by atoms with Crippen molar-refractivity contribution in [2.24, 2.45) is 0 Å². The lowest BCUT2D eigenvalue weighted by molar-refractivity contribution is -0.389. The lowest BCUT2D eigenvalue weighted by Crippen LogP contribution is -2.25. The quantitative estimate of drug-likeness (QED) is 0.494. The maximum atomic E-state index is 12.6. The van der Waals surface area contributed by atoms with Gasteiger partial charge in [0, 0.05) is 30.6 Å². The van der Waals surface area contributed by atoms with E-state index in [1.807, 2.05) is 0 Å². The molecule has 0 saturated carbocycles. The average molecular weight is 399 g/mol. The van der Waals surface area contributed by atoms with Gasteiger partial charge in [-0.25, -0.2) is 4.98 Å². The van der Waals surface area contributed by atoms with E-state index in [9.17, 15) is 23.3 Å². The monoisotopic (exact) mass is 399 g/mol. The van der Waals surface area contributed by atoms with Gasteiger partial charge in [0.1, 0.15) is 12.3 Å². The molecule has 0 bridgehead atoms. The van der Waals surface area contributed by atoms with E-state index in [0.717, 1.165) is 12.3 Å². The highest BCUT2D eigenvalue weighted by Crippen LogP contribution is 2.34. The van der Waals surface area contributed by atoms with Crippen LogP contribution in [0.1, 0.15) is 12.0 Å². The first-order chi connectivity index (χ1) is 12.8. The first-order valence-electron chi connectivity index (χ1n) is 7.88. The van der Waals surface area contributed by atoms with Crippen molar-refractivity contribution in [1.82, 2.24) is 14.4 Å². The van der Waals surface area contributed by atoms with Crippen molar-refractivity contribution in [2.75, 3.05) is 18.0 Å². The first-order valence-corrected chi connectivity index (χ1v) is 8.75. The van der Waals surface area contributed by atoms with Gasteiger partial charge in [0.05, 0.1) is 12.1 Å². The zero-order valence-corrected chi connectivity index (χ0v) is 14.4. The Morgan fingerprint density at radius 3 is 2.85 bits per heavy atom. The topological polar surface area (TPSA) is 85.8 Å². The van der Waals surface area contributed by atoms with E-state index in [-0.39, 0.29) is 23.6 Å². The standard InChI is InChI=1S/C15H12F3N5O3S/c16-15(17,18)9-1-2-11(19-7-9)26-10-3-4-21(8-10)12-13(23(24)25)22-5-6-27-14(22)20-12/h1-2,5-7,10H,3-4,8H2. The summed E-state index contributed by atoms with van der Waals surface area (Å²) in [4.78, 5) is 21.2. The number of alkyl halides is 3. The number of pyridine rings is 1. The molecule has 3 aromatic heterocycles. The Hall–Kier alpha value is -2.89. The molecule has 1 aliphatic heterocycles. The molecular formula is C15H12F3N5O3S. The van der Waals surface area contributed by atoms with Crippen LogP contribution in [0.2, 0.25) is 0 Å². The molecule has 0 spiro atoms. The number of thiazole rings is 1. The molecule has 4 heterocycles. The molecule has 142 valence electrons. The molecule has 3 aromatic rings. The van der Waals surface area contributed by atoms with Crippen molar-refractivity contribution in [2.45, 2.75) is 18.7 Å². The number of hydrogen-bond donors (Lipinski definition) is 0. The summed E-state index contributed by atoms with van der Waals surface area (Å²) in [6, 6.07) is 2.07. The number of imidazole rings is 1. The third-order valence-corrected chi connectivity index (χ3v) is 4.94. The minimum Gasteiger partial charge on any atom is -0.472 e. The van der Waals surface area contributed by atoms with Gasteiger partial charge in [0.25, 0.3) is 4.96 Å². The molecule has 8 nitrogen and oxygen atoms in total. The van der Waals surface area contributed by atoms with Gasteiger partial charge < -0.3 is 19.8 Å². The fraction of sp³-hybridized carbons (Fsp3) is 0.333. The molecule has 0 aromatic carbocycles. The molecule has 1 unspecified atom stereocenters. The SMILES string of the molecule is O=[N+]([O-])c1c(N2CCC(Oc3ccc(C(F)(F)F)cn3)C2)nc2sccn12. The number of halogens is 3. The smallest absolute Gasteiger partial charge is 0.417 e. The van der Waals surface area contributed by atoms with Crippen LogP contribution in [0, 0.1) is 10.1 Å². The summed E-state index contributed by atoms with van der Waals surface area (Å²) in [5.41, 5.74) is -0.850. The number of anilines is 1. The van der Waals surface area contributed by atoms with Crippen molar-refractivity contribution >= 4 is 27.9 Å². The van der Waals surface area contributed by atoms with Crippen molar-refractivity contribution in [3.05, 3.63) is 45.6 Å². The summed E-state index contributed by atoms with van der Waals surface area (Å²) in [6.07, 6.45) is -1.96. The van der Waals surface area contributed by atoms with E-state index in [4.69, 9.17) is 4.74 Å². The highest BCUT2D eigenvalue weighted by molar-refractivity contribution is 7.15. The predicted octanol–water partition coefficient (Wildman–Crippen LogP) is 3.38. The normalized spacial score (nSPS) is 17.6. The number of rotatable bonds is 4. The Labute approximate surface area is 154 Å². The third kappa shape index (κ3) is 3.27. The van der Waals surface area contributed by atoms with Crippen LogP contribution < -0.4 is 9.64 Å². The van der Waals surface area contributed by atoms with Gasteiger partial charge in [-0.1, -0.05) is 11.3 Å². The molecule has 0 radical (unpaired) electrons. The fourth-order valence-corrected chi connectivity index (χ4v) is 3.65. The summed E-state index contributed by atoms with van der Waals surface area (Å²) >= 11 is 1.29. The molecule has 0 amide bonds. The summed E-state index contributed by atoms with van der Waals surface area (Å²) in [5, 5.41) is 13.1. The zero-order chi connectivity index (χ0) is 19.2. The highest BCUT2D eigenvalue weighted by Gasteiger charge is 2.34. The summed E-state index contributed by atoms with van der Waals surface area (Å²) in [7, 11) is 0. The molecule has 0 aliphatic carbocycles. The second-order valence-electron chi connectivity index (χ2n) is 5.93. The van der Waals surface area contributed by atoms with Crippen LogP contribution in [0.15, 0.2) is 29.9 Å². The van der Waals surface area contributed by atoms with E-state index >= 15 is 0 Å². The molecule has 1 fully saturated rings. The van der Waals surface area contributed by atoms with Crippen molar-refractivity contribution in [3.8, 4) is 5.88 Å². The number of hydrogen-bond acceptors (Lipinski definition) is 7. The lowest BCUT2D eigenvalue weighted by Gasteiger charge is -2.16. The summed E-state index contributed by atoms with van der Waals surface area (Å²) < 4.78 is 44.8. The van der Waals surface area contributed by atoms with E-state index in [0.29, 0.717) is 24.5 Å². The zero-order valence-electron chi connectivity index (χ0n) is 13.6. The Kier molecular flexibility index (Phi) is 4.13. The first kappa shape index (κ1) is 17.5. The van der Waals surface area contributed by atoms with Crippen molar-refractivity contribution < 1.29 is 22.8 Å². The van der Waals surface area contributed by atoms with E-state index in [1.165, 1.54) is 21.8 Å². The van der Waals surface area contributed by atoms with E-state index in [2.05, 4.69) is 9.97 Å². The Morgan fingerprint density at radius 1 is 1.37 bits per heavy atom. The van der Waals surface area contributed by atoms with Crippen LogP contribution in [0.3, 0.4) is 0 Å². The largest absolute Gasteiger partial charge is 0.472 e. The molecule has 27 heavy (non-hydrogen) atoms. The third-order valence-electron chi connectivity index (χ3n) is 4.19. The number of fused-ring (bicyclic) bond motifs is 1. The van der Waals surface area contributed by atoms with Crippen LogP contribution in [0.25, 0.3) is 4.96 Å². The molecular weight excluding hydrogens is 387 g/mol. The number of ether oxygens (including phenoxy) is 1. The van der Waals surface area contributed by atoms with Crippen LogP contribution in [-0.4, -0.2) is 38.5 Å². The average Bonchev–Trinajstić information content (AvgIpc) is 3.28. The summed E-state index contributed by atoms with van der Waals surface area (Å²) in [6.45, 7) is 0.811. The van der Waals surface area contributed by atoms with Gasteiger partial charge in [-0.15, -0.1) is 0 Å². The minimum atomic E-state index is -4.46. The van der Waals surface area contributed by atoms with E-state index < -0.39 is 16.7 Å².